The summed E-state index contributed by atoms with van der Waals surface area (Å²) in [6, 6.07) is 21.4. The predicted octanol–water partition coefficient (Wildman–Crippen LogP) is 6.04. The molecule has 0 radical (unpaired) electrons. The Bertz CT molecular complexity index is 1580. The molecule has 1 heterocycles. The number of carbonyl (C=O) groups is 2. The number of benzene rings is 3. The van der Waals surface area contributed by atoms with E-state index in [0.29, 0.717) is 10.9 Å². The summed E-state index contributed by atoms with van der Waals surface area (Å²) < 4.78 is 20.9. The van der Waals surface area contributed by atoms with Crippen molar-refractivity contribution in [3.05, 3.63) is 112 Å². The first-order valence-corrected chi connectivity index (χ1v) is 14.2. The minimum absolute atomic E-state index is 0.0375. The number of carbonyl (C=O) groups excluding carboxylic acids is 2. The number of esters is 1. The normalized spacial score (nSPS) is 14.4. The number of hydrogen-bond donors (Lipinski definition) is 2. The van der Waals surface area contributed by atoms with Crippen LogP contribution in [0, 0.1) is 5.82 Å². The summed E-state index contributed by atoms with van der Waals surface area (Å²) in [7, 11) is 0. The lowest BCUT2D eigenvalue weighted by Crippen LogP contribution is -2.46. The minimum Gasteiger partial charge on any atom is -0.462 e. The van der Waals surface area contributed by atoms with E-state index < -0.39 is 29.3 Å². The van der Waals surface area contributed by atoms with Crippen LogP contribution in [0.5, 0.6) is 0 Å². The number of aromatic nitrogens is 1. The third kappa shape index (κ3) is 6.16. The van der Waals surface area contributed by atoms with Gasteiger partial charge in [-0.05, 0) is 37.5 Å². The van der Waals surface area contributed by atoms with Crippen LogP contribution in [0.1, 0.15) is 66.6 Å². The zero-order valence-corrected chi connectivity index (χ0v) is 23.1. The number of amides is 1. The maximum Gasteiger partial charge on any atom is 0.345 e. The number of hydrogen-bond acceptors (Lipinski definition) is 5. The molecule has 7 nitrogen and oxygen atoms in total. The molecule has 41 heavy (non-hydrogen) atoms. The van der Waals surface area contributed by atoms with Crippen LogP contribution in [0.4, 0.5) is 10.1 Å². The Hall–Kier alpha value is -4.46. The Balaban J connectivity index is 1.78. The number of para-hydroxylation sites is 1. The van der Waals surface area contributed by atoms with Crippen LogP contribution in [0.15, 0.2) is 83.7 Å². The molecule has 1 aliphatic carbocycles. The number of rotatable bonds is 9. The van der Waals surface area contributed by atoms with Crippen molar-refractivity contribution >= 4 is 28.5 Å². The summed E-state index contributed by atoms with van der Waals surface area (Å²) in [4.78, 5) is 45.6. The van der Waals surface area contributed by atoms with E-state index in [1.165, 1.54) is 6.07 Å². The highest BCUT2D eigenvalue weighted by atomic mass is 19.1. The van der Waals surface area contributed by atoms with Crippen molar-refractivity contribution in [1.82, 2.24) is 10.3 Å². The Morgan fingerprint density at radius 2 is 1.66 bits per heavy atom. The Kier molecular flexibility index (Phi) is 8.77. The summed E-state index contributed by atoms with van der Waals surface area (Å²) in [5.41, 5.74) is 0.801. The third-order valence-corrected chi connectivity index (χ3v) is 7.57. The smallest absolute Gasteiger partial charge is 0.345 e. The third-order valence-electron chi connectivity index (χ3n) is 7.57. The molecule has 0 spiro atoms. The second-order valence-electron chi connectivity index (χ2n) is 10.3. The fourth-order valence-corrected chi connectivity index (χ4v) is 5.67. The van der Waals surface area contributed by atoms with Crippen LogP contribution >= 0.6 is 0 Å². The molecule has 1 aliphatic rings. The lowest BCUT2D eigenvalue weighted by atomic mass is 9.94. The highest BCUT2D eigenvalue weighted by Gasteiger charge is 2.36. The maximum atomic E-state index is 15.6. The second-order valence-corrected chi connectivity index (χ2v) is 10.3. The van der Waals surface area contributed by atoms with Gasteiger partial charge in [0.15, 0.2) is 0 Å². The molecule has 1 saturated carbocycles. The van der Waals surface area contributed by atoms with Crippen LogP contribution in [-0.2, 0) is 16.1 Å². The molecule has 3 aromatic carbocycles. The van der Waals surface area contributed by atoms with Gasteiger partial charge in [-0.25, -0.2) is 9.18 Å². The molecule has 1 unspecified atom stereocenters. The molecule has 8 heteroatoms. The topological polar surface area (TPSA) is 91.5 Å². The molecule has 0 bridgehead atoms. The monoisotopic (exact) mass is 555 g/mol. The van der Waals surface area contributed by atoms with Crippen LogP contribution in [0.25, 0.3) is 10.9 Å². The zero-order chi connectivity index (χ0) is 28.8. The van der Waals surface area contributed by atoms with Crippen LogP contribution in [-0.4, -0.2) is 29.5 Å². The first-order chi connectivity index (χ1) is 20.0. The number of fused-ring (bicyclic) bond motifs is 1. The van der Waals surface area contributed by atoms with Crippen LogP contribution in [0.2, 0.25) is 0 Å². The molecule has 1 atom stereocenters. The molecule has 212 valence electrons. The van der Waals surface area contributed by atoms with E-state index in [9.17, 15) is 14.4 Å². The molecule has 1 amide bonds. The minimum atomic E-state index is -1.18. The summed E-state index contributed by atoms with van der Waals surface area (Å²) in [6.45, 7) is 1.84. The number of aromatic amines is 1. The predicted molar refractivity (Wildman–Crippen MR) is 157 cm³/mol. The van der Waals surface area contributed by atoms with Crippen molar-refractivity contribution < 1.29 is 18.7 Å². The highest BCUT2D eigenvalue weighted by molar-refractivity contribution is 6.06. The van der Waals surface area contributed by atoms with Crippen LogP contribution in [0.3, 0.4) is 0 Å². The van der Waals surface area contributed by atoms with Crippen molar-refractivity contribution in [3.63, 3.8) is 0 Å². The quantitative estimate of drug-likeness (QED) is 0.246. The number of ether oxygens (including phenoxy) is 1. The lowest BCUT2D eigenvalue weighted by molar-refractivity contribution is -0.123. The van der Waals surface area contributed by atoms with Gasteiger partial charge in [0.2, 0.25) is 5.91 Å². The molecule has 4 aromatic rings. The van der Waals surface area contributed by atoms with Gasteiger partial charge < -0.3 is 19.9 Å². The SMILES string of the molecule is CCOC(=O)c1c(N(Cc2ccccc2)C(C(=O)NC2CCCCC2)c2ccccc2F)c2ccccc2[nH]c1=O. The Morgan fingerprint density at radius 3 is 2.39 bits per heavy atom. The average molecular weight is 556 g/mol. The largest absolute Gasteiger partial charge is 0.462 e. The van der Waals surface area contributed by atoms with Gasteiger partial charge in [0.1, 0.15) is 17.4 Å². The summed E-state index contributed by atoms with van der Waals surface area (Å²) >= 11 is 0. The van der Waals surface area contributed by atoms with E-state index in [1.807, 2.05) is 30.3 Å². The number of halogens is 1. The molecule has 0 saturated heterocycles. The fourth-order valence-electron chi connectivity index (χ4n) is 5.67. The maximum absolute atomic E-state index is 15.6. The van der Waals surface area contributed by atoms with Gasteiger partial charge in [0.25, 0.3) is 5.56 Å². The average Bonchev–Trinajstić information content (AvgIpc) is 2.98. The van der Waals surface area contributed by atoms with E-state index in [1.54, 1.807) is 54.3 Å². The summed E-state index contributed by atoms with van der Waals surface area (Å²) in [5.74, 6) is -1.76. The standard InChI is InChI=1S/C33H34FN3O4/c1-2-41-33(40)28-29(25-18-10-12-20-27(25)36-31(28)38)37(21-22-13-5-3-6-14-22)30(24-17-9-11-19-26(24)34)32(39)35-23-15-7-4-8-16-23/h3,5-6,9-14,17-20,23,30H,2,4,7-8,15-16,21H2,1H3,(H,35,39)(H,36,38). The number of nitrogens with one attached hydrogen (secondary N) is 2. The van der Waals surface area contributed by atoms with Crippen molar-refractivity contribution in [2.24, 2.45) is 0 Å². The summed E-state index contributed by atoms with van der Waals surface area (Å²) in [6.07, 6.45) is 4.82. The number of anilines is 1. The van der Waals surface area contributed by atoms with Gasteiger partial charge in [-0.3, -0.25) is 9.59 Å². The number of pyridine rings is 1. The zero-order valence-electron chi connectivity index (χ0n) is 23.1. The van der Waals surface area contributed by atoms with Gasteiger partial charge in [-0.2, -0.15) is 0 Å². The van der Waals surface area contributed by atoms with Gasteiger partial charge in [-0.15, -0.1) is 0 Å². The number of H-pyrrole nitrogens is 1. The highest BCUT2D eigenvalue weighted by Crippen LogP contribution is 2.37. The molecular formula is C33H34FN3O4. The number of nitrogens with zero attached hydrogens (tertiary/aromatic N) is 1. The second kappa shape index (κ2) is 12.8. The van der Waals surface area contributed by atoms with E-state index in [2.05, 4.69) is 10.3 Å². The molecule has 0 aliphatic heterocycles. The van der Waals surface area contributed by atoms with E-state index in [0.717, 1.165) is 37.7 Å². The van der Waals surface area contributed by atoms with E-state index in [4.69, 9.17) is 4.74 Å². The molecule has 2 N–H and O–H groups in total. The fraction of sp³-hybridized carbons (Fsp3) is 0.303. The van der Waals surface area contributed by atoms with Gasteiger partial charge in [0, 0.05) is 23.5 Å². The Labute approximate surface area is 238 Å². The van der Waals surface area contributed by atoms with Crippen LogP contribution < -0.4 is 15.8 Å². The van der Waals surface area contributed by atoms with Crippen molar-refractivity contribution in [3.8, 4) is 0 Å². The molecule has 5 rings (SSSR count). The van der Waals surface area contributed by atoms with Crippen molar-refractivity contribution in [1.29, 1.82) is 0 Å². The first kappa shape index (κ1) is 28.1. The van der Waals surface area contributed by atoms with Gasteiger partial charge in [0.05, 0.1) is 17.8 Å². The van der Waals surface area contributed by atoms with Gasteiger partial charge in [-0.1, -0.05) is 86.0 Å². The lowest BCUT2D eigenvalue weighted by Gasteiger charge is -2.36. The van der Waals surface area contributed by atoms with Crippen molar-refractivity contribution in [2.75, 3.05) is 11.5 Å². The molecule has 1 fully saturated rings. The summed E-state index contributed by atoms with van der Waals surface area (Å²) in [5, 5.41) is 3.71. The van der Waals surface area contributed by atoms with E-state index >= 15 is 4.39 Å². The Morgan fingerprint density at radius 1 is 0.976 bits per heavy atom. The van der Waals surface area contributed by atoms with Crippen molar-refractivity contribution in [2.45, 2.75) is 57.7 Å². The first-order valence-electron chi connectivity index (χ1n) is 14.2. The van der Waals surface area contributed by atoms with E-state index in [-0.39, 0.29) is 36.0 Å². The molecule has 1 aromatic heterocycles. The molecular weight excluding hydrogens is 521 g/mol. The van der Waals surface area contributed by atoms with Gasteiger partial charge >= 0.3 is 5.97 Å².